The summed E-state index contributed by atoms with van der Waals surface area (Å²) in [5.74, 6) is -1.08. The maximum Gasteiger partial charge on any atom is 0.550 e. The van der Waals surface area contributed by atoms with Gasteiger partial charge in [-0.05, 0) is 29.5 Å². The van der Waals surface area contributed by atoms with Crippen LogP contribution in [-0.2, 0) is 17.6 Å². The molecule has 2 heterocycles. The fourth-order valence-electron chi connectivity index (χ4n) is 2.45. The number of para-hydroxylation sites is 1. The summed E-state index contributed by atoms with van der Waals surface area (Å²) < 4.78 is 5.33. The number of rotatable bonds is 4. The quantitative estimate of drug-likeness (QED) is 0.642. The van der Waals surface area contributed by atoms with Crippen LogP contribution in [0.4, 0.5) is 0 Å². The molecule has 0 radical (unpaired) electrons. The van der Waals surface area contributed by atoms with E-state index in [0.29, 0.717) is 12.8 Å². The molecule has 0 spiro atoms. The first kappa shape index (κ1) is 18.7. The van der Waals surface area contributed by atoms with Gasteiger partial charge >= 0.3 is 13.0 Å². The van der Waals surface area contributed by atoms with Crippen molar-refractivity contribution in [2.24, 2.45) is 10.8 Å². The Morgan fingerprint density at radius 2 is 2.16 bits per heavy atom. The number of thiophene rings is 1. The molecule has 0 saturated heterocycles. The van der Waals surface area contributed by atoms with Crippen LogP contribution in [-0.4, -0.2) is 24.0 Å². The van der Waals surface area contributed by atoms with Gasteiger partial charge in [0.15, 0.2) is 0 Å². The highest BCUT2D eigenvalue weighted by Crippen LogP contribution is 2.35. The monoisotopic (exact) mass is 360 g/mol. The Kier molecular flexibility index (Phi) is 6.29. The van der Waals surface area contributed by atoms with Crippen LogP contribution in [0, 0.1) is 4.91 Å². The van der Waals surface area contributed by atoms with Crippen molar-refractivity contribution in [2.75, 3.05) is 0 Å². The van der Waals surface area contributed by atoms with E-state index in [-0.39, 0.29) is 23.0 Å². The number of primary amides is 1. The molecule has 1 amide bonds. The Balaban J connectivity index is 0.000000212. The van der Waals surface area contributed by atoms with Crippen molar-refractivity contribution >= 4 is 30.3 Å². The van der Waals surface area contributed by atoms with Gasteiger partial charge < -0.3 is 15.5 Å². The second-order valence-corrected chi connectivity index (χ2v) is 6.65. The fraction of sp³-hybridized carbons (Fsp3) is 0.250. The van der Waals surface area contributed by atoms with Crippen LogP contribution in [0.1, 0.15) is 27.7 Å². The summed E-state index contributed by atoms with van der Waals surface area (Å²) in [6.45, 7) is 1.85. The van der Waals surface area contributed by atoms with Crippen LogP contribution in [0.15, 0.2) is 40.8 Å². The van der Waals surface area contributed by atoms with Crippen molar-refractivity contribution < 1.29 is 19.3 Å². The van der Waals surface area contributed by atoms with Crippen molar-refractivity contribution in [1.29, 1.82) is 0 Å². The molecule has 1 aromatic heterocycles. The Morgan fingerprint density at radius 3 is 2.72 bits per heavy atom. The minimum Gasteiger partial charge on any atom is -0.537 e. The second kappa shape index (κ2) is 8.43. The Hall–Kier alpha value is -2.68. The van der Waals surface area contributed by atoms with Gasteiger partial charge in [0.25, 0.3) is 0 Å². The average Bonchev–Trinajstić information content (AvgIpc) is 3.06. The number of carbonyl (C=O) groups excluding carboxylic acids is 1. The van der Waals surface area contributed by atoms with E-state index < -0.39 is 13.0 Å². The predicted octanol–water partition coefficient (Wildman–Crippen LogP) is 2.74. The number of carbonyl (C=O) groups is 2. The summed E-state index contributed by atoms with van der Waals surface area (Å²) in [4.78, 5) is 32.8. The topological polar surface area (TPSA) is 119 Å². The fourth-order valence-corrected chi connectivity index (χ4v) is 3.16. The molecule has 1 aliphatic heterocycles. The maximum absolute atomic E-state index is 11.0. The Morgan fingerprint density at radius 1 is 1.40 bits per heavy atom. The molecule has 3 N–H and O–H groups in total. The zero-order valence-electron chi connectivity index (χ0n) is 13.5. The van der Waals surface area contributed by atoms with E-state index in [1.807, 2.05) is 24.4 Å². The summed E-state index contributed by atoms with van der Waals surface area (Å²) in [5, 5.41) is 13.8. The van der Waals surface area contributed by atoms with E-state index in [0.717, 1.165) is 10.4 Å². The van der Waals surface area contributed by atoms with Gasteiger partial charge in [0.05, 0.1) is 12.0 Å². The molecule has 9 heteroatoms. The standard InChI is InChI=1S/C10H10BNO4.C6H7NOS/c1-6-5-7-3-2-4-8(10(13)14)9(7)16-11(6)12-15;7-6(8)4-5-2-1-3-9-5/h2-4,6H,5H2,1H3,(H,13,14);1-3H,4H2,(H2,7,8). The molecule has 0 bridgehead atoms. The molecule has 1 atom stereocenters. The number of nitroso groups, excluding NO2 is 1. The van der Waals surface area contributed by atoms with Crippen molar-refractivity contribution in [3.63, 3.8) is 0 Å². The van der Waals surface area contributed by atoms with Gasteiger partial charge in [-0.2, -0.15) is 4.91 Å². The lowest BCUT2D eigenvalue weighted by Gasteiger charge is -2.25. The molecule has 0 fully saturated rings. The van der Waals surface area contributed by atoms with E-state index in [1.165, 1.54) is 6.07 Å². The first-order chi connectivity index (χ1) is 11.9. The molecule has 7 nitrogen and oxygen atoms in total. The average molecular weight is 360 g/mol. The lowest BCUT2D eigenvalue weighted by atomic mass is 9.64. The number of amides is 1. The molecule has 1 aromatic carbocycles. The van der Waals surface area contributed by atoms with Crippen molar-refractivity contribution in [1.82, 2.24) is 0 Å². The summed E-state index contributed by atoms with van der Waals surface area (Å²) >= 11 is 1.55. The number of hydrogen-bond donors (Lipinski definition) is 2. The van der Waals surface area contributed by atoms with Crippen LogP contribution in [0.3, 0.4) is 0 Å². The van der Waals surface area contributed by atoms with Crippen LogP contribution in [0.5, 0.6) is 5.75 Å². The minimum atomic E-state index is -1.06. The highest BCUT2D eigenvalue weighted by atomic mass is 32.1. The van der Waals surface area contributed by atoms with Gasteiger partial charge in [0, 0.05) is 10.7 Å². The largest absolute Gasteiger partial charge is 0.550 e. The van der Waals surface area contributed by atoms with E-state index >= 15 is 0 Å². The number of hydrogen-bond acceptors (Lipinski definition) is 6. The Labute approximate surface area is 148 Å². The number of carboxylic acids is 1. The van der Waals surface area contributed by atoms with Crippen LogP contribution in [0.25, 0.3) is 0 Å². The van der Waals surface area contributed by atoms with E-state index in [4.69, 9.17) is 15.5 Å². The first-order valence-corrected chi connectivity index (χ1v) is 8.45. The molecular weight excluding hydrogens is 343 g/mol. The lowest BCUT2D eigenvalue weighted by molar-refractivity contribution is -0.117. The van der Waals surface area contributed by atoms with Crippen molar-refractivity contribution in [2.45, 2.75) is 25.6 Å². The molecule has 1 unspecified atom stereocenters. The highest BCUT2D eigenvalue weighted by Gasteiger charge is 2.36. The minimum absolute atomic E-state index is 0.0333. The number of fused-ring (bicyclic) bond motifs is 1. The molecule has 3 rings (SSSR count). The van der Waals surface area contributed by atoms with E-state index in [1.54, 1.807) is 23.5 Å². The number of benzene rings is 1. The van der Waals surface area contributed by atoms with Gasteiger partial charge in [-0.1, -0.05) is 30.2 Å². The molecule has 0 aliphatic carbocycles. The van der Waals surface area contributed by atoms with Gasteiger partial charge in [-0.25, -0.2) is 4.79 Å². The van der Waals surface area contributed by atoms with Crippen LogP contribution >= 0.6 is 11.3 Å². The third-order valence-corrected chi connectivity index (χ3v) is 4.50. The van der Waals surface area contributed by atoms with Gasteiger partial charge in [-0.15, -0.1) is 11.3 Å². The predicted molar refractivity (Wildman–Crippen MR) is 95.9 cm³/mol. The van der Waals surface area contributed by atoms with Crippen LogP contribution in [0.2, 0.25) is 5.82 Å². The second-order valence-electron chi connectivity index (χ2n) is 5.62. The third-order valence-electron chi connectivity index (χ3n) is 3.63. The van der Waals surface area contributed by atoms with Gasteiger partial charge in [0.1, 0.15) is 5.75 Å². The van der Waals surface area contributed by atoms with Crippen molar-refractivity contribution in [3.05, 3.63) is 56.6 Å². The molecule has 1 aliphatic rings. The first-order valence-electron chi connectivity index (χ1n) is 7.57. The highest BCUT2D eigenvalue weighted by molar-refractivity contribution is 7.10. The zero-order valence-corrected chi connectivity index (χ0v) is 14.4. The zero-order chi connectivity index (χ0) is 18.4. The van der Waals surface area contributed by atoms with Crippen LogP contribution < -0.4 is 10.4 Å². The normalized spacial score (nSPS) is 15.2. The molecule has 0 saturated carbocycles. The summed E-state index contributed by atoms with van der Waals surface area (Å²) in [5.41, 5.74) is 5.85. The molecular formula is C16H17BN2O5S. The number of aromatic carboxylic acids is 1. The van der Waals surface area contributed by atoms with Crippen molar-refractivity contribution in [3.8, 4) is 5.75 Å². The maximum atomic E-state index is 11.0. The smallest absolute Gasteiger partial charge is 0.537 e. The molecule has 25 heavy (non-hydrogen) atoms. The Bertz CT molecular complexity index is 766. The third kappa shape index (κ3) is 4.90. The number of carboxylic acid groups (broad SMARTS) is 1. The van der Waals surface area contributed by atoms with E-state index in [9.17, 15) is 14.5 Å². The summed E-state index contributed by atoms with van der Waals surface area (Å²) in [6, 6.07) is 8.74. The van der Waals surface area contributed by atoms with Gasteiger partial charge in [-0.3, -0.25) is 4.79 Å². The number of nitrogens with two attached hydrogens (primary N) is 1. The molecule has 130 valence electrons. The molecule has 2 aromatic rings. The number of nitrogens with zero attached hydrogens (tertiary/aromatic N) is 1. The van der Waals surface area contributed by atoms with E-state index in [2.05, 4.69) is 5.09 Å². The van der Waals surface area contributed by atoms with Gasteiger partial charge in [0.2, 0.25) is 5.91 Å². The SMILES string of the molecule is CC1Cc2cccc(C(=O)O)c2OB1N=O.NC(=O)Cc1cccs1. The lowest BCUT2D eigenvalue weighted by Crippen LogP contribution is -2.31. The summed E-state index contributed by atoms with van der Waals surface area (Å²) in [7, 11) is -0.798. The summed E-state index contributed by atoms with van der Waals surface area (Å²) in [6.07, 6.45) is 0.977.